The van der Waals surface area contributed by atoms with E-state index in [2.05, 4.69) is 33.8 Å². The van der Waals surface area contributed by atoms with Gasteiger partial charge in [-0.1, -0.05) is 32.1 Å². The van der Waals surface area contributed by atoms with Gasteiger partial charge >= 0.3 is 11.9 Å². The van der Waals surface area contributed by atoms with Crippen LogP contribution in [0.15, 0.2) is 23.9 Å². The van der Waals surface area contributed by atoms with Gasteiger partial charge in [0.1, 0.15) is 12.5 Å². The molecule has 8 bridgehead atoms. The highest BCUT2D eigenvalue weighted by Crippen LogP contribution is 2.42. The lowest BCUT2D eigenvalue weighted by molar-refractivity contribution is -0.143. The third-order valence-electron chi connectivity index (χ3n) is 10.4. The van der Waals surface area contributed by atoms with Gasteiger partial charge in [-0.3, -0.25) is 14.4 Å². The van der Waals surface area contributed by atoms with Crippen molar-refractivity contribution in [3.8, 4) is 0 Å². The Morgan fingerprint density at radius 1 is 1.02 bits per heavy atom. The van der Waals surface area contributed by atoms with Crippen molar-refractivity contribution in [1.82, 2.24) is 20.3 Å². The third kappa shape index (κ3) is 5.68. The van der Waals surface area contributed by atoms with Gasteiger partial charge in [-0.15, -0.1) is 0 Å². The smallest absolute Gasteiger partial charge is 0.318 e. The molecule has 5 heterocycles. The summed E-state index contributed by atoms with van der Waals surface area (Å²) >= 11 is 0. The highest BCUT2D eigenvalue weighted by molar-refractivity contribution is 6.19. The maximum Gasteiger partial charge on any atom is 0.318 e. The van der Waals surface area contributed by atoms with Crippen molar-refractivity contribution < 1.29 is 29.3 Å². The van der Waals surface area contributed by atoms with E-state index in [1.54, 1.807) is 6.08 Å². The topological polar surface area (TPSA) is 160 Å². The number of carbonyl (C=O) groups is 3. The number of carboxylic acids is 1. The Balaban J connectivity index is 1.62. The van der Waals surface area contributed by atoms with Gasteiger partial charge in [-0.2, -0.15) is 0 Å². The van der Waals surface area contributed by atoms with E-state index in [0.717, 1.165) is 51.3 Å². The third-order valence-corrected chi connectivity index (χ3v) is 10.4. The lowest BCUT2D eigenvalue weighted by Gasteiger charge is -2.24. The molecule has 0 aromatic carbocycles. The number of ketones is 1. The van der Waals surface area contributed by atoms with Crippen LogP contribution < -0.4 is 26.6 Å². The largest absolute Gasteiger partial charge is 0.515 e. The lowest BCUT2D eigenvalue weighted by Crippen LogP contribution is -2.37. The van der Waals surface area contributed by atoms with Gasteiger partial charge in [0.2, 0.25) is 0 Å². The van der Waals surface area contributed by atoms with Crippen molar-refractivity contribution in [2.75, 3.05) is 6.61 Å². The van der Waals surface area contributed by atoms with Gasteiger partial charge in [0.15, 0.2) is 5.78 Å². The van der Waals surface area contributed by atoms with E-state index < -0.39 is 23.7 Å². The number of allylic oxidation sites excluding steroid dienone is 2. The summed E-state index contributed by atoms with van der Waals surface area (Å²) < 4.78 is 5.46. The molecule has 0 spiro atoms. The van der Waals surface area contributed by atoms with E-state index in [1.807, 2.05) is 58.9 Å². The predicted molar refractivity (Wildman–Crippen MR) is 190 cm³/mol. The van der Waals surface area contributed by atoms with Gasteiger partial charge < -0.3 is 35.2 Å². The van der Waals surface area contributed by atoms with Crippen molar-refractivity contribution in [2.24, 2.45) is 17.8 Å². The number of esters is 1. The molecule has 2 aliphatic heterocycles. The Kier molecular flexibility index (Phi) is 8.92. The van der Waals surface area contributed by atoms with E-state index in [0.29, 0.717) is 50.8 Å². The molecule has 256 valence electrons. The van der Waals surface area contributed by atoms with Gasteiger partial charge in [0, 0.05) is 56.8 Å². The molecule has 1 saturated heterocycles. The number of fused-ring (bicyclic) bond motifs is 8. The summed E-state index contributed by atoms with van der Waals surface area (Å²) in [6.45, 7) is 16.0. The summed E-state index contributed by atoms with van der Waals surface area (Å²) in [5, 5.41) is 27.0. The average molecular weight is 665 g/mol. The van der Waals surface area contributed by atoms with Crippen LogP contribution in [0.3, 0.4) is 0 Å². The molecule has 49 heavy (non-hydrogen) atoms. The number of aliphatic hydroxyl groups excluding tert-OH is 1. The summed E-state index contributed by atoms with van der Waals surface area (Å²) in [5.74, 6) is -3.71. The number of nitrogens with one attached hydrogen (secondary N) is 4. The number of aromatic nitrogens is 3. The van der Waals surface area contributed by atoms with Crippen LogP contribution in [0, 0.1) is 31.6 Å². The van der Waals surface area contributed by atoms with Crippen LogP contribution in [0.1, 0.15) is 90.2 Å². The number of aliphatic hydroxyl groups is 1. The number of hydrogen-bond donors (Lipinski definition) is 6. The monoisotopic (exact) mass is 664 g/mol. The Labute approximate surface area is 284 Å². The normalized spacial score (nSPS) is 23.6. The number of rotatable bonds is 8. The van der Waals surface area contributed by atoms with Crippen molar-refractivity contribution in [3.05, 3.63) is 90.1 Å². The number of hydrogen-bond acceptors (Lipinski definition) is 6. The predicted octanol–water partition coefficient (Wildman–Crippen LogP) is 3.36. The first kappa shape index (κ1) is 33.6. The van der Waals surface area contributed by atoms with Crippen LogP contribution in [-0.4, -0.2) is 55.5 Å². The second-order valence-corrected chi connectivity index (χ2v) is 13.5. The van der Waals surface area contributed by atoms with Crippen LogP contribution in [0.5, 0.6) is 0 Å². The minimum absolute atomic E-state index is 0.120. The molecule has 6 rings (SSSR count). The van der Waals surface area contributed by atoms with Gasteiger partial charge in [0.05, 0.1) is 23.0 Å². The summed E-state index contributed by atoms with van der Waals surface area (Å²) in [6, 6.07) is -0.545. The van der Waals surface area contributed by atoms with Crippen LogP contribution >= 0.6 is 0 Å². The van der Waals surface area contributed by atoms with E-state index in [-0.39, 0.29) is 30.8 Å². The van der Waals surface area contributed by atoms with Gasteiger partial charge in [0.25, 0.3) is 0 Å². The Bertz CT molecular complexity index is 2220. The van der Waals surface area contributed by atoms with E-state index in [9.17, 15) is 24.6 Å². The first-order valence-corrected chi connectivity index (χ1v) is 16.8. The zero-order chi connectivity index (χ0) is 35.3. The number of aliphatic carboxylic acids is 1. The van der Waals surface area contributed by atoms with Crippen LogP contribution in [-0.2, 0) is 20.7 Å². The molecule has 0 saturated carbocycles. The molecule has 3 aromatic heterocycles. The molecule has 10 heteroatoms. The van der Waals surface area contributed by atoms with Crippen molar-refractivity contribution in [2.45, 2.75) is 66.8 Å². The molecule has 0 radical (unpaired) electrons. The van der Waals surface area contributed by atoms with Crippen LogP contribution in [0.4, 0.5) is 0 Å². The second-order valence-electron chi connectivity index (χ2n) is 13.5. The maximum absolute atomic E-state index is 14.0. The number of ether oxygens (including phenoxy) is 1. The van der Waals surface area contributed by atoms with Crippen LogP contribution in [0.2, 0.25) is 0 Å². The highest BCUT2D eigenvalue weighted by atomic mass is 16.5. The van der Waals surface area contributed by atoms with Gasteiger partial charge in [-0.25, -0.2) is 0 Å². The molecule has 6 N–H and O–H groups in total. The maximum atomic E-state index is 14.0. The minimum Gasteiger partial charge on any atom is -0.515 e. The molecule has 1 fully saturated rings. The number of carbonyl (C=O) groups excluding carboxylic acids is 2. The standard InChI is InChI=1S/C39H44N4O6/c1-8-22-19(5)26-14-27-20(6)24(10-11-32(45)49-13-12-18(3)4)36(42-27)34-35(39(47)48)38(46)33-21(7)28(43-37(33)34)15-30-23(9-2)25(17-44)31(41-30)16-29(22)40-26/h8,12,14-17,20,24,35-36,40-44H,1,9-11,13H2,2-7H3,(H,47,48)/b25-17-,27-14-,28-15-,31-16-/t20-,24-,35+,36?/m0/s1. The molecule has 10 nitrogen and oxygen atoms in total. The minimum atomic E-state index is -1.37. The number of carboxylic acid groups (broad SMARTS) is 1. The molecular weight excluding hydrogens is 620 g/mol. The Hall–Kier alpha value is -5.25. The molecule has 1 aliphatic carbocycles. The van der Waals surface area contributed by atoms with Crippen molar-refractivity contribution in [1.29, 1.82) is 0 Å². The van der Waals surface area contributed by atoms with Crippen molar-refractivity contribution in [3.63, 3.8) is 0 Å². The van der Waals surface area contributed by atoms with Crippen LogP contribution in [0.25, 0.3) is 36.1 Å². The molecule has 3 aliphatic rings. The summed E-state index contributed by atoms with van der Waals surface area (Å²) in [6.07, 6.45) is 11.9. The van der Waals surface area contributed by atoms with E-state index in [1.165, 1.54) is 0 Å². The molecule has 1 unspecified atom stereocenters. The number of aromatic amines is 3. The Morgan fingerprint density at radius 2 is 1.76 bits per heavy atom. The zero-order valence-electron chi connectivity index (χ0n) is 28.8. The first-order chi connectivity index (χ1) is 23.4. The molecule has 3 aromatic rings. The van der Waals surface area contributed by atoms with E-state index in [4.69, 9.17) is 4.74 Å². The Morgan fingerprint density at radius 3 is 2.41 bits per heavy atom. The second kappa shape index (κ2) is 13.0. The highest BCUT2D eigenvalue weighted by Gasteiger charge is 2.49. The SMILES string of the molecule is C=Cc1c2[nH]c(c1C)/C=C1\NC(C3=c4[nH]/c(c(C)c4C(=O)[C@@H]3C(=O)O)=C\c3[nH]c(/c(=C\O)c3CC)=C\2)[C@@H](CCC(=O)OCC=C(C)C)[C@@H]1C. The molecule has 0 amide bonds. The fourth-order valence-electron chi connectivity index (χ4n) is 7.77. The first-order valence-electron chi connectivity index (χ1n) is 16.8. The quantitative estimate of drug-likeness (QED) is 0.122. The summed E-state index contributed by atoms with van der Waals surface area (Å²) in [4.78, 5) is 50.1. The van der Waals surface area contributed by atoms with Gasteiger partial charge in [-0.05, 0) is 93.0 Å². The van der Waals surface area contributed by atoms with Crippen molar-refractivity contribution >= 4 is 53.9 Å². The fraction of sp³-hybridized carbons (Fsp3) is 0.359. The number of Topliss-reactive ketones (excluding diaryl/α,β-unsaturated/α-hetero) is 1. The lowest BCUT2D eigenvalue weighted by atomic mass is 9.80. The summed E-state index contributed by atoms with van der Waals surface area (Å²) in [7, 11) is 0. The summed E-state index contributed by atoms with van der Waals surface area (Å²) in [5.41, 5.74) is 8.59. The number of H-pyrrole nitrogens is 3. The average Bonchev–Trinajstić information content (AvgIpc) is 3.80. The molecule has 4 atom stereocenters. The molecular formula is C39H44N4O6. The fourth-order valence-corrected chi connectivity index (χ4v) is 7.77. The zero-order valence-corrected chi connectivity index (χ0v) is 28.8. The van der Waals surface area contributed by atoms with E-state index >= 15 is 0 Å².